The van der Waals surface area contributed by atoms with E-state index in [-0.39, 0.29) is 12.3 Å². The van der Waals surface area contributed by atoms with Crippen molar-refractivity contribution in [1.82, 2.24) is 5.32 Å². The van der Waals surface area contributed by atoms with Gasteiger partial charge in [-0.15, -0.1) is 0 Å². The predicted octanol–water partition coefficient (Wildman–Crippen LogP) is 1.22. The lowest BCUT2D eigenvalue weighted by molar-refractivity contribution is -0.127. The molecule has 2 aliphatic rings. The summed E-state index contributed by atoms with van der Waals surface area (Å²) < 4.78 is 5.13. The number of hydrogen-bond acceptors (Lipinski definition) is 3. The van der Waals surface area contributed by atoms with Crippen molar-refractivity contribution in [2.75, 3.05) is 19.8 Å². The highest BCUT2D eigenvalue weighted by atomic mass is 16.5. The second-order valence-electron chi connectivity index (χ2n) is 5.69. The van der Waals surface area contributed by atoms with Crippen LogP contribution >= 0.6 is 0 Å². The first-order chi connectivity index (χ1) is 8.08. The highest BCUT2D eigenvalue weighted by molar-refractivity contribution is 5.77. The molecule has 1 unspecified atom stereocenters. The number of amides is 1. The first-order valence-corrected chi connectivity index (χ1v) is 6.64. The lowest BCUT2D eigenvalue weighted by Crippen LogP contribution is -2.44. The summed E-state index contributed by atoms with van der Waals surface area (Å²) in [6, 6.07) is 0. The Morgan fingerprint density at radius 3 is 2.65 bits per heavy atom. The lowest BCUT2D eigenvalue weighted by atomic mass is 9.67. The van der Waals surface area contributed by atoms with E-state index in [9.17, 15) is 9.90 Å². The zero-order valence-corrected chi connectivity index (χ0v) is 10.6. The molecule has 2 fully saturated rings. The van der Waals surface area contributed by atoms with Crippen molar-refractivity contribution in [3.63, 3.8) is 0 Å². The van der Waals surface area contributed by atoms with Gasteiger partial charge in [-0.2, -0.15) is 0 Å². The van der Waals surface area contributed by atoms with Gasteiger partial charge in [0, 0.05) is 19.6 Å². The highest BCUT2D eigenvalue weighted by Crippen LogP contribution is 2.43. The molecule has 1 atom stereocenters. The number of aliphatic hydroxyl groups is 1. The Bertz CT molecular complexity index is 275. The summed E-state index contributed by atoms with van der Waals surface area (Å²) in [7, 11) is 0. The summed E-state index contributed by atoms with van der Waals surface area (Å²) in [6.07, 6.45) is 5.59. The molecule has 1 saturated heterocycles. The number of nitrogens with one attached hydrogen (secondary N) is 1. The third kappa shape index (κ3) is 2.99. The summed E-state index contributed by atoms with van der Waals surface area (Å²) in [6.45, 7) is 3.80. The van der Waals surface area contributed by atoms with E-state index in [0.29, 0.717) is 25.0 Å². The first kappa shape index (κ1) is 12.8. The van der Waals surface area contributed by atoms with Gasteiger partial charge in [0.2, 0.25) is 5.91 Å². The molecule has 2 N–H and O–H groups in total. The van der Waals surface area contributed by atoms with Crippen molar-refractivity contribution < 1.29 is 14.6 Å². The van der Waals surface area contributed by atoms with Crippen molar-refractivity contribution in [3.8, 4) is 0 Å². The third-order valence-electron chi connectivity index (χ3n) is 4.40. The summed E-state index contributed by atoms with van der Waals surface area (Å²) >= 11 is 0. The van der Waals surface area contributed by atoms with Crippen LogP contribution in [0.1, 0.15) is 45.4 Å². The van der Waals surface area contributed by atoms with Crippen molar-refractivity contribution in [3.05, 3.63) is 0 Å². The molecule has 0 aromatic carbocycles. The molecule has 1 amide bonds. The predicted molar refractivity (Wildman–Crippen MR) is 64.6 cm³/mol. The molecule has 0 spiro atoms. The van der Waals surface area contributed by atoms with Crippen molar-refractivity contribution in [2.24, 2.45) is 5.41 Å². The highest BCUT2D eigenvalue weighted by Gasteiger charge is 2.37. The van der Waals surface area contributed by atoms with E-state index < -0.39 is 5.60 Å². The Morgan fingerprint density at radius 2 is 2.18 bits per heavy atom. The van der Waals surface area contributed by atoms with Crippen molar-refractivity contribution in [1.29, 1.82) is 0 Å². The quantitative estimate of drug-likeness (QED) is 0.761. The molecule has 1 aliphatic carbocycles. The van der Waals surface area contributed by atoms with Gasteiger partial charge < -0.3 is 15.2 Å². The Hall–Kier alpha value is -0.610. The summed E-state index contributed by atoms with van der Waals surface area (Å²) in [5.41, 5.74) is -0.590. The molecule has 1 heterocycles. The van der Waals surface area contributed by atoms with Crippen LogP contribution in [0.3, 0.4) is 0 Å². The second kappa shape index (κ2) is 4.94. The van der Waals surface area contributed by atoms with Gasteiger partial charge in [0.05, 0.1) is 18.6 Å². The van der Waals surface area contributed by atoms with E-state index in [0.717, 1.165) is 13.0 Å². The number of carbonyl (C=O) groups excluding carboxylic acids is 1. The minimum Gasteiger partial charge on any atom is -0.387 e. The fourth-order valence-electron chi connectivity index (χ4n) is 2.72. The molecule has 2 rings (SSSR count). The van der Waals surface area contributed by atoms with E-state index in [4.69, 9.17) is 4.74 Å². The Morgan fingerprint density at radius 1 is 1.41 bits per heavy atom. The fraction of sp³-hybridized carbons (Fsp3) is 0.923. The van der Waals surface area contributed by atoms with Crippen LogP contribution in [0.15, 0.2) is 0 Å². The SMILES string of the molecule is CCC1(CNC(=O)CC2(O)CCOC2)CCC1. The van der Waals surface area contributed by atoms with Crippen LogP contribution in [0.2, 0.25) is 0 Å². The lowest BCUT2D eigenvalue weighted by Gasteiger charge is -2.41. The first-order valence-electron chi connectivity index (χ1n) is 6.64. The smallest absolute Gasteiger partial charge is 0.223 e. The molecule has 1 aliphatic heterocycles. The zero-order valence-electron chi connectivity index (χ0n) is 10.6. The molecule has 17 heavy (non-hydrogen) atoms. The van der Waals surface area contributed by atoms with Crippen LogP contribution in [0.5, 0.6) is 0 Å². The maximum atomic E-state index is 11.8. The normalized spacial score (nSPS) is 30.9. The minimum absolute atomic E-state index is 0.0438. The fourth-order valence-corrected chi connectivity index (χ4v) is 2.72. The maximum absolute atomic E-state index is 11.8. The molecular weight excluding hydrogens is 218 g/mol. The largest absolute Gasteiger partial charge is 0.387 e. The second-order valence-corrected chi connectivity index (χ2v) is 5.69. The van der Waals surface area contributed by atoms with Gasteiger partial charge in [0.15, 0.2) is 0 Å². The average molecular weight is 241 g/mol. The van der Waals surface area contributed by atoms with Crippen LogP contribution < -0.4 is 5.32 Å². The summed E-state index contributed by atoms with van der Waals surface area (Å²) in [5, 5.41) is 13.0. The topological polar surface area (TPSA) is 58.6 Å². The molecular formula is C13H23NO3. The van der Waals surface area contributed by atoms with Crippen LogP contribution in [0.25, 0.3) is 0 Å². The summed E-state index contributed by atoms with van der Waals surface area (Å²) in [4.78, 5) is 11.8. The Kier molecular flexibility index (Phi) is 3.73. The Labute approximate surface area is 103 Å². The van der Waals surface area contributed by atoms with Gasteiger partial charge in [-0.05, 0) is 24.7 Å². The van der Waals surface area contributed by atoms with Crippen LogP contribution in [0.4, 0.5) is 0 Å². The number of ether oxygens (including phenoxy) is 1. The van der Waals surface area contributed by atoms with Crippen LogP contribution in [-0.2, 0) is 9.53 Å². The van der Waals surface area contributed by atoms with Gasteiger partial charge in [0.25, 0.3) is 0 Å². The van der Waals surface area contributed by atoms with Crippen LogP contribution in [0, 0.1) is 5.41 Å². The van der Waals surface area contributed by atoms with Crippen molar-refractivity contribution in [2.45, 2.75) is 51.0 Å². The van der Waals surface area contributed by atoms with E-state index in [1.807, 2.05) is 0 Å². The number of hydrogen-bond donors (Lipinski definition) is 2. The van der Waals surface area contributed by atoms with E-state index in [2.05, 4.69) is 12.2 Å². The number of carbonyl (C=O) groups is 1. The molecule has 0 aromatic rings. The maximum Gasteiger partial charge on any atom is 0.223 e. The molecule has 0 aromatic heterocycles. The monoisotopic (exact) mass is 241 g/mol. The molecule has 0 radical (unpaired) electrons. The van der Waals surface area contributed by atoms with E-state index >= 15 is 0 Å². The molecule has 98 valence electrons. The van der Waals surface area contributed by atoms with Crippen LogP contribution in [-0.4, -0.2) is 36.4 Å². The van der Waals surface area contributed by atoms with Gasteiger partial charge in [-0.25, -0.2) is 0 Å². The standard InChI is InChI=1S/C13H23NO3/c1-2-12(4-3-5-12)9-14-11(15)8-13(16)6-7-17-10-13/h16H,2-10H2,1H3,(H,14,15). The zero-order chi connectivity index (χ0) is 12.4. The van der Waals surface area contributed by atoms with Crippen molar-refractivity contribution >= 4 is 5.91 Å². The average Bonchev–Trinajstić information content (AvgIpc) is 2.64. The molecule has 0 bridgehead atoms. The number of rotatable bonds is 5. The van der Waals surface area contributed by atoms with E-state index in [1.54, 1.807) is 0 Å². The van der Waals surface area contributed by atoms with E-state index in [1.165, 1.54) is 19.3 Å². The molecule has 1 saturated carbocycles. The minimum atomic E-state index is -0.928. The van der Waals surface area contributed by atoms with Gasteiger partial charge >= 0.3 is 0 Å². The molecule has 4 heteroatoms. The molecule has 4 nitrogen and oxygen atoms in total. The summed E-state index contributed by atoms with van der Waals surface area (Å²) in [5.74, 6) is -0.0438. The van der Waals surface area contributed by atoms with Gasteiger partial charge in [-0.1, -0.05) is 13.3 Å². The van der Waals surface area contributed by atoms with Gasteiger partial charge in [-0.3, -0.25) is 4.79 Å². The third-order valence-corrected chi connectivity index (χ3v) is 4.40. The van der Waals surface area contributed by atoms with Gasteiger partial charge in [0.1, 0.15) is 0 Å². The Balaban J connectivity index is 1.74.